The lowest BCUT2D eigenvalue weighted by Crippen LogP contribution is -2.26. The van der Waals surface area contributed by atoms with E-state index >= 15 is 0 Å². The topological polar surface area (TPSA) is 130 Å². The summed E-state index contributed by atoms with van der Waals surface area (Å²) in [7, 11) is -0.778. The molecule has 2 amide bonds. The molecule has 0 unspecified atom stereocenters. The van der Waals surface area contributed by atoms with E-state index in [9.17, 15) is 18.0 Å². The van der Waals surface area contributed by atoms with Gasteiger partial charge in [0.15, 0.2) is 0 Å². The van der Waals surface area contributed by atoms with Crippen LogP contribution in [0.4, 0.5) is 22.9 Å². The second kappa shape index (κ2) is 8.75. The molecular weight excluding hydrogens is 434 g/mol. The molecule has 1 aliphatic rings. The minimum absolute atomic E-state index is 0.0430. The van der Waals surface area contributed by atoms with Gasteiger partial charge >= 0.3 is 0 Å². The Hall–Kier alpha value is -3.18. The van der Waals surface area contributed by atoms with Crippen molar-refractivity contribution in [3.8, 4) is 0 Å². The van der Waals surface area contributed by atoms with Crippen molar-refractivity contribution in [2.24, 2.45) is 11.3 Å². The molecule has 0 aliphatic heterocycles. The van der Waals surface area contributed by atoms with Gasteiger partial charge in [-0.25, -0.2) is 18.9 Å². The number of amides is 2. The van der Waals surface area contributed by atoms with Gasteiger partial charge in [0.2, 0.25) is 15.9 Å². The second-order valence-corrected chi connectivity index (χ2v) is 10.4. The summed E-state index contributed by atoms with van der Waals surface area (Å²) in [6, 6.07) is 8.28. The first-order valence-corrected chi connectivity index (χ1v) is 11.7. The zero-order valence-electron chi connectivity index (χ0n) is 18.6. The highest BCUT2D eigenvalue weighted by Crippen LogP contribution is 2.52. The third-order valence-electron chi connectivity index (χ3n) is 5.43. The number of carbonyl (C=O) groups excluding carboxylic acids is 2. The van der Waals surface area contributed by atoms with Gasteiger partial charge in [0.1, 0.15) is 5.82 Å². The Morgan fingerprint density at radius 1 is 1.22 bits per heavy atom. The summed E-state index contributed by atoms with van der Waals surface area (Å²) in [5, 5.41) is 5.88. The van der Waals surface area contributed by atoms with Crippen molar-refractivity contribution in [3.63, 3.8) is 0 Å². The number of anilines is 4. The van der Waals surface area contributed by atoms with Crippen LogP contribution >= 0.6 is 0 Å². The highest BCUT2D eigenvalue weighted by molar-refractivity contribution is 7.92. The van der Waals surface area contributed by atoms with E-state index in [0.717, 1.165) is 17.0 Å². The molecular formula is C21H27N5O5S. The van der Waals surface area contributed by atoms with Crippen LogP contribution in [0.15, 0.2) is 36.5 Å². The molecule has 32 heavy (non-hydrogen) atoms. The predicted molar refractivity (Wildman–Crippen MR) is 122 cm³/mol. The minimum Gasteiger partial charge on any atom is -0.353 e. The average Bonchev–Trinajstić information content (AvgIpc) is 3.36. The minimum atomic E-state index is -3.52. The van der Waals surface area contributed by atoms with E-state index in [-0.39, 0.29) is 28.6 Å². The molecule has 1 aromatic carbocycles. The maximum Gasteiger partial charge on any atom is 0.278 e. The maximum absolute atomic E-state index is 12.5. The van der Waals surface area contributed by atoms with Gasteiger partial charge < -0.3 is 10.6 Å². The summed E-state index contributed by atoms with van der Waals surface area (Å²) in [6.07, 6.45) is 3.21. The quantitative estimate of drug-likeness (QED) is 0.515. The van der Waals surface area contributed by atoms with Crippen molar-refractivity contribution in [3.05, 3.63) is 42.1 Å². The third kappa shape index (κ3) is 5.17. The number of rotatable bonds is 8. The van der Waals surface area contributed by atoms with Gasteiger partial charge in [-0.05, 0) is 24.0 Å². The molecule has 1 atom stereocenters. The lowest BCUT2D eigenvalue weighted by molar-refractivity contribution is -0.118. The molecule has 0 radical (unpaired) electrons. The lowest BCUT2D eigenvalue weighted by atomic mass is 10.1. The SMILES string of the molecule is CONC(=O)c1cnc(NC(=O)[C@H]2CC2(C)C)cc1Nc1ccccc1N(C)S(C)(=O)=O. The number of hydrogen-bond acceptors (Lipinski definition) is 7. The monoisotopic (exact) mass is 461 g/mol. The van der Waals surface area contributed by atoms with E-state index in [1.54, 1.807) is 24.3 Å². The van der Waals surface area contributed by atoms with Gasteiger partial charge in [0.25, 0.3) is 5.91 Å². The first-order chi connectivity index (χ1) is 14.9. The van der Waals surface area contributed by atoms with Gasteiger partial charge in [-0.3, -0.25) is 18.7 Å². The van der Waals surface area contributed by atoms with Crippen molar-refractivity contribution >= 4 is 44.7 Å². The molecule has 10 nitrogen and oxygen atoms in total. The van der Waals surface area contributed by atoms with E-state index in [1.165, 1.54) is 26.4 Å². The van der Waals surface area contributed by atoms with Gasteiger partial charge in [0, 0.05) is 25.2 Å². The molecule has 1 aliphatic carbocycles. The summed E-state index contributed by atoms with van der Waals surface area (Å²) in [5.74, 6) is -0.526. The van der Waals surface area contributed by atoms with Crippen LogP contribution in [0.2, 0.25) is 0 Å². The number of aromatic nitrogens is 1. The zero-order valence-corrected chi connectivity index (χ0v) is 19.4. The number of hydroxylamine groups is 1. The Kier molecular flexibility index (Phi) is 6.42. The lowest BCUT2D eigenvalue weighted by Gasteiger charge is -2.22. The van der Waals surface area contributed by atoms with E-state index in [0.29, 0.717) is 17.1 Å². The zero-order chi connectivity index (χ0) is 23.7. The first-order valence-electron chi connectivity index (χ1n) is 9.88. The number of nitrogens with zero attached hydrogens (tertiary/aromatic N) is 2. The van der Waals surface area contributed by atoms with Crippen LogP contribution in [0.1, 0.15) is 30.6 Å². The number of sulfonamides is 1. The highest BCUT2D eigenvalue weighted by Gasteiger charge is 2.50. The van der Waals surface area contributed by atoms with E-state index in [1.807, 2.05) is 13.8 Å². The summed E-state index contributed by atoms with van der Waals surface area (Å²) in [4.78, 5) is 33.9. The fraction of sp³-hybridized carbons (Fsp3) is 0.381. The van der Waals surface area contributed by atoms with Gasteiger partial charge in [-0.15, -0.1) is 0 Å². The fourth-order valence-corrected chi connectivity index (χ4v) is 3.78. The summed E-state index contributed by atoms with van der Waals surface area (Å²) < 4.78 is 25.2. The molecule has 11 heteroatoms. The second-order valence-electron chi connectivity index (χ2n) is 8.36. The van der Waals surface area contributed by atoms with Crippen molar-refractivity contribution in [1.82, 2.24) is 10.5 Å². The molecule has 3 N–H and O–H groups in total. The fourth-order valence-electron chi connectivity index (χ4n) is 3.26. The molecule has 2 aromatic rings. The van der Waals surface area contributed by atoms with Gasteiger partial charge in [-0.1, -0.05) is 26.0 Å². The van der Waals surface area contributed by atoms with Crippen LogP contribution in [0.3, 0.4) is 0 Å². The Bertz CT molecular complexity index is 1150. The highest BCUT2D eigenvalue weighted by atomic mass is 32.2. The molecule has 3 rings (SSSR count). The molecule has 1 heterocycles. The Balaban J connectivity index is 1.97. The van der Waals surface area contributed by atoms with Gasteiger partial charge in [-0.2, -0.15) is 0 Å². The summed E-state index contributed by atoms with van der Waals surface area (Å²) in [5.41, 5.74) is 3.48. The molecule has 0 saturated heterocycles. The Morgan fingerprint density at radius 2 is 1.88 bits per heavy atom. The Morgan fingerprint density at radius 3 is 2.47 bits per heavy atom. The smallest absolute Gasteiger partial charge is 0.278 e. The standard InChI is InChI=1S/C21H27N5O5S/c1-21(2)11-14(21)20(28)24-18-10-16(13(12-22-18)19(27)25-31-4)23-15-8-6-7-9-17(15)26(3)32(5,29)30/h6-10,12,14H,11H2,1-5H3,(H,25,27)(H2,22,23,24,28)/t14-/m1/s1. The molecule has 172 valence electrons. The third-order valence-corrected chi connectivity index (χ3v) is 6.63. The average molecular weight is 462 g/mol. The normalized spacial score (nSPS) is 16.7. The van der Waals surface area contributed by atoms with Crippen LogP contribution in [0.25, 0.3) is 0 Å². The molecule has 1 saturated carbocycles. The largest absolute Gasteiger partial charge is 0.353 e. The van der Waals surface area contributed by atoms with Crippen LogP contribution in [0, 0.1) is 11.3 Å². The maximum atomic E-state index is 12.5. The van der Waals surface area contributed by atoms with Crippen molar-refractivity contribution in [2.75, 3.05) is 35.4 Å². The van der Waals surface area contributed by atoms with Crippen molar-refractivity contribution in [2.45, 2.75) is 20.3 Å². The summed E-state index contributed by atoms with van der Waals surface area (Å²) >= 11 is 0. The van der Waals surface area contributed by atoms with Crippen LogP contribution in [0.5, 0.6) is 0 Å². The van der Waals surface area contributed by atoms with Crippen LogP contribution < -0.4 is 20.4 Å². The van der Waals surface area contributed by atoms with Crippen LogP contribution in [-0.2, 0) is 19.7 Å². The van der Waals surface area contributed by atoms with Crippen LogP contribution in [-0.4, -0.2) is 45.6 Å². The summed E-state index contributed by atoms with van der Waals surface area (Å²) in [6.45, 7) is 4.04. The Labute approximate surface area is 187 Å². The van der Waals surface area contributed by atoms with E-state index in [2.05, 4.69) is 21.1 Å². The number of pyridine rings is 1. The number of benzene rings is 1. The van der Waals surface area contributed by atoms with E-state index in [4.69, 9.17) is 4.84 Å². The number of para-hydroxylation sites is 2. The number of carbonyl (C=O) groups is 2. The molecule has 1 fully saturated rings. The number of hydrogen-bond donors (Lipinski definition) is 3. The molecule has 1 aromatic heterocycles. The van der Waals surface area contributed by atoms with Crippen molar-refractivity contribution in [1.29, 1.82) is 0 Å². The predicted octanol–water partition coefficient (Wildman–Crippen LogP) is 2.50. The van der Waals surface area contributed by atoms with Crippen molar-refractivity contribution < 1.29 is 22.8 Å². The van der Waals surface area contributed by atoms with Gasteiger partial charge in [0.05, 0.1) is 36.0 Å². The molecule has 0 spiro atoms. The number of nitrogens with one attached hydrogen (secondary N) is 3. The first kappa shape index (κ1) is 23.5. The molecule has 0 bridgehead atoms. The van der Waals surface area contributed by atoms with E-state index < -0.39 is 15.9 Å².